The summed E-state index contributed by atoms with van der Waals surface area (Å²) in [6.45, 7) is 0.727. The Hall–Kier alpha value is -3.55. The molecule has 4 aromatic rings. The van der Waals surface area contributed by atoms with Crippen LogP contribution in [0.1, 0.15) is 37.0 Å². The maximum Gasteiger partial charge on any atom is 0.227 e. The maximum absolute atomic E-state index is 12.9. The molecule has 4 heterocycles. The van der Waals surface area contributed by atoms with Crippen molar-refractivity contribution in [2.24, 2.45) is 0 Å². The van der Waals surface area contributed by atoms with Gasteiger partial charge in [-0.2, -0.15) is 4.98 Å². The third-order valence-corrected chi connectivity index (χ3v) is 5.26. The molecule has 146 valence electrons. The molecule has 0 bridgehead atoms. The fourth-order valence-electron chi connectivity index (χ4n) is 3.84. The molecule has 1 aromatic carbocycles. The molecule has 1 amide bonds. The molecule has 3 aromatic heterocycles. The van der Waals surface area contributed by atoms with Gasteiger partial charge in [0.05, 0.1) is 6.04 Å². The predicted octanol–water partition coefficient (Wildman–Crippen LogP) is 3.08. The molecule has 1 aliphatic rings. The summed E-state index contributed by atoms with van der Waals surface area (Å²) in [6, 6.07) is 15.4. The lowest BCUT2D eigenvalue weighted by atomic mass is 10.2. The average molecular weight is 388 g/mol. The smallest absolute Gasteiger partial charge is 0.227 e. The summed E-state index contributed by atoms with van der Waals surface area (Å²) in [5, 5.41) is 12.6. The van der Waals surface area contributed by atoms with Crippen molar-refractivity contribution in [1.29, 1.82) is 0 Å². The number of likely N-dealkylation sites (tertiary alicyclic amines) is 1. The van der Waals surface area contributed by atoms with Gasteiger partial charge in [0, 0.05) is 31.1 Å². The molecule has 0 saturated carbocycles. The number of carbonyl (C=O) groups excluding carboxylic acids is 1. The van der Waals surface area contributed by atoms with Gasteiger partial charge >= 0.3 is 0 Å². The van der Waals surface area contributed by atoms with E-state index in [-0.39, 0.29) is 11.9 Å². The number of carbonyl (C=O) groups is 1. The third-order valence-electron chi connectivity index (χ3n) is 5.26. The van der Waals surface area contributed by atoms with Gasteiger partial charge in [-0.25, -0.2) is 0 Å². The monoisotopic (exact) mass is 388 g/mol. The van der Waals surface area contributed by atoms with Crippen LogP contribution in [0.25, 0.3) is 17.0 Å². The summed E-state index contributed by atoms with van der Waals surface area (Å²) in [5.74, 6) is 1.90. The van der Waals surface area contributed by atoms with Crippen LogP contribution < -0.4 is 0 Å². The number of pyridine rings is 1. The first-order chi connectivity index (χ1) is 14.3. The summed E-state index contributed by atoms with van der Waals surface area (Å²) in [7, 11) is 0. The first-order valence-electron chi connectivity index (χ1n) is 9.77. The summed E-state index contributed by atoms with van der Waals surface area (Å²) in [6.07, 6.45) is 4.53. The van der Waals surface area contributed by atoms with E-state index in [1.165, 1.54) is 0 Å². The summed E-state index contributed by atoms with van der Waals surface area (Å²) >= 11 is 0. The molecule has 8 nitrogen and oxygen atoms in total. The largest absolute Gasteiger partial charge is 0.339 e. The van der Waals surface area contributed by atoms with Crippen LogP contribution in [0.4, 0.5) is 0 Å². The highest BCUT2D eigenvalue weighted by Crippen LogP contribution is 2.31. The van der Waals surface area contributed by atoms with Gasteiger partial charge < -0.3 is 9.42 Å². The van der Waals surface area contributed by atoms with Gasteiger partial charge in [-0.05, 0) is 25.0 Å². The van der Waals surface area contributed by atoms with Crippen LogP contribution in [0.3, 0.4) is 0 Å². The lowest BCUT2D eigenvalue weighted by Gasteiger charge is -2.23. The molecule has 0 N–H and O–H groups in total. The number of hydrogen-bond donors (Lipinski definition) is 0. The van der Waals surface area contributed by atoms with Crippen molar-refractivity contribution in [3.05, 3.63) is 66.4 Å². The Balaban J connectivity index is 1.28. The molecule has 1 fully saturated rings. The van der Waals surface area contributed by atoms with Crippen LogP contribution in [0, 0.1) is 0 Å². The summed E-state index contributed by atoms with van der Waals surface area (Å²) in [5.41, 5.74) is 1.69. The molecule has 1 atom stereocenters. The number of nitrogens with zero attached hydrogens (tertiary/aromatic N) is 6. The molecule has 5 rings (SSSR count). The van der Waals surface area contributed by atoms with Gasteiger partial charge in [0.1, 0.15) is 0 Å². The molecule has 0 spiro atoms. The Bertz CT molecular complexity index is 1140. The minimum Gasteiger partial charge on any atom is -0.339 e. The van der Waals surface area contributed by atoms with Crippen LogP contribution in [0.5, 0.6) is 0 Å². The van der Waals surface area contributed by atoms with E-state index >= 15 is 0 Å². The number of aromatic nitrogens is 5. The molecular weight excluding hydrogens is 368 g/mol. The van der Waals surface area contributed by atoms with Gasteiger partial charge in [-0.3, -0.25) is 9.20 Å². The van der Waals surface area contributed by atoms with E-state index in [1.807, 2.05) is 64.0 Å². The summed E-state index contributed by atoms with van der Waals surface area (Å²) in [4.78, 5) is 19.2. The van der Waals surface area contributed by atoms with Crippen molar-refractivity contribution in [3.8, 4) is 11.4 Å². The van der Waals surface area contributed by atoms with Gasteiger partial charge in [0.25, 0.3) is 0 Å². The van der Waals surface area contributed by atoms with E-state index in [2.05, 4.69) is 20.3 Å². The summed E-state index contributed by atoms with van der Waals surface area (Å²) < 4.78 is 7.29. The Morgan fingerprint density at radius 1 is 1.10 bits per heavy atom. The second-order valence-electron chi connectivity index (χ2n) is 7.11. The van der Waals surface area contributed by atoms with Gasteiger partial charge in [-0.15, -0.1) is 10.2 Å². The van der Waals surface area contributed by atoms with E-state index in [4.69, 9.17) is 4.52 Å². The number of hydrogen-bond acceptors (Lipinski definition) is 6. The molecule has 0 unspecified atom stereocenters. The SMILES string of the molecule is O=C(CCc1nc(-c2ccccc2)no1)N1CCC[C@H]1c1nnc2ccccn12. The molecule has 1 aliphatic heterocycles. The minimum absolute atomic E-state index is 0.0533. The van der Waals surface area contributed by atoms with Crippen molar-refractivity contribution in [1.82, 2.24) is 29.6 Å². The topological polar surface area (TPSA) is 89.4 Å². The zero-order valence-electron chi connectivity index (χ0n) is 15.8. The van der Waals surface area contributed by atoms with E-state index in [9.17, 15) is 4.79 Å². The second-order valence-corrected chi connectivity index (χ2v) is 7.11. The molecule has 1 saturated heterocycles. The molecule has 8 heteroatoms. The van der Waals surface area contributed by atoms with Gasteiger partial charge in [-0.1, -0.05) is 41.6 Å². The van der Waals surface area contributed by atoms with Crippen molar-refractivity contribution in [2.75, 3.05) is 6.54 Å². The quantitative estimate of drug-likeness (QED) is 0.522. The molecular formula is C21H20N6O2. The Morgan fingerprint density at radius 3 is 2.86 bits per heavy atom. The average Bonchev–Trinajstić information content (AvgIpc) is 3.51. The van der Waals surface area contributed by atoms with Crippen LogP contribution >= 0.6 is 0 Å². The van der Waals surface area contributed by atoms with E-state index in [1.54, 1.807) is 0 Å². The standard InChI is InChI=1S/C21H20N6O2/c28-19(12-11-18-22-20(25-29-18)15-7-2-1-3-8-15)26-14-6-9-16(26)21-24-23-17-10-4-5-13-27(17)21/h1-5,7-8,10,13,16H,6,9,11-12,14H2/t16-/m0/s1. The first-order valence-corrected chi connectivity index (χ1v) is 9.77. The van der Waals surface area contributed by atoms with Crippen molar-refractivity contribution < 1.29 is 9.32 Å². The number of fused-ring (bicyclic) bond motifs is 1. The van der Waals surface area contributed by atoms with Gasteiger partial charge in [0.2, 0.25) is 17.6 Å². The number of amides is 1. The Kier molecular flexibility index (Phi) is 4.51. The Morgan fingerprint density at radius 2 is 1.97 bits per heavy atom. The van der Waals surface area contributed by atoms with Crippen LogP contribution in [0.15, 0.2) is 59.3 Å². The fraction of sp³-hybridized carbons (Fsp3) is 0.286. The van der Waals surface area contributed by atoms with Crippen molar-refractivity contribution >= 4 is 11.6 Å². The number of benzene rings is 1. The van der Waals surface area contributed by atoms with Crippen molar-refractivity contribution in [2.45, 2.75) is 31.7 Å². The lowest BCUT2D eigenvalue weighted by molar-refractivity contribution is -0.132. The van der Waals surface area contributed by atoms with Crippen LogP contribution in [0.2, 0.25) is 0 Å². The highest BCUT2D eigenvalue weighted by atomic mass is 16.5. The molecule has 0 aliphatic carbocycles. The van der Waals surface area contributed by atoms with E-state index in [0.717, 1.165) is 36.4 Å². The zero-order chi connectivity index (χ0) is 19.6. The number of rotatable bonds is 5. The molecule has 29 heavy (non-hydrogen) atoms. The second kappa shape index (κ2) is 7.46. The minimum atomic E-state index is -0.0533. The first kappa shape index (κ1) is 17.5. The highest BCUT2D eigenvalue weighted by Gasteiger charge is 2.33. The number of aryl methyl sites for hydroxylation is 1. The van der Waals surface area contributed by atoms with E-state index in [0.29, 0.717) is 24.6 Å². The molecule has 0 radical (unpaired) electrons. The maximum atomic E-state index is 12.9. The van der Waals surface area contributed by atoms with Crippen LogP contribution in [-0.4, -0.2) is 42.1 Å². The lowest BCUT2D eigenvalue weighted by Crippen LogP contribution is -2.31. The van der Waals surface area contributed by atoms with Gasteiger partial charge in [0.15, 0.2) is 11.5 Å². The Labute approximate surface area is 167 Å². The predicted molar refractivity (Wildman–Crippen MR) is 105 cm³/mol. The normalized spacial score (nSPS) is 16.6. The van der Waals surface area contributed by atoms with Crippen molar-refractivity contribution in [3.63, 3.8) is 0 Å². The van der Waals surface area contributed by atoms with E-state index < -0.39 is 0 Å². The zero-order valence-corrected chi connectivity index (χ0v) is 15.8. The van der Waals surface area contributed by atoms with Crippen LogP contribution in [-0.2, 0) is 11.2 Å². The third kappa shape index (κ3) is 3.37. The highest BCUT2D eigenvalue weighted by molar-refractivity contribution is 5.77. The fourth-order valence-corrected chi connectivity index (χ4v) is 3.84.